The zero-order chi connectivity index (χ0) is 12.8. The van der Waals surface area contributed by atoms with Crippen LogP contribution in [0.5, 0.6) is 0 Å². The van der Waals surface area contributed by atoms with Crippen molar-refractivity contribution in [3.63, 3.8) is 0 Å². The van der Waals surface area contributed by atoms with Gasteiger partial charge in [0.05, 0.1) is 13.7 Å². The Morgan fingerprint density at radius 1 is 1.35 bits per heavy atom. The van der Waals surface area contributed by atoms with Crippen molar-refractivity contribution in [3.05, 3.63) is 0 Å². The SMILES string of the molecule is COC(=O)NC(=O)CN(C)C1CCC(N)CC1. The summed E-state index contributed by atoms with van der Waals surface area (Å²) < 4.78 is 4.36. The summed E-state index contributed by atoms with van der Waals surface area (Å²) in [4.78, 5) is 24.2. The molecule has 0 bridgehead atoms. The highest BCUT2D eigenvalue weighted by Gasteiger charge is 2.23. The molecule has 6 nitrogen and oxygen atoms in total. The van der Waals surface area contributed by atoms with Crippen LogP contribution in [0.2, 0.25) is 0 Å². The van der Waals surface area contributed by atoms with Gasteiger partial charge in [0.1, 0.15) is 0 Å². The third kappa shape index (κ3) is 4.70. The maximum Gasteiger partial charge on any atom is 0.413 e. The standard InChI is InChI=1S/C11H21N3O3/c1-14(7-10(15)13-11(16)17-2)9-5-3-8(12)4-6-9/h8-9H,3-7,12H2,1-2H3,(H,13,15,16). The first-order valence-electron chi connectivity index (χ1n) is 5.86. The average molecular weight is 243 g/mol. The van der Waals surface area contributed by atoms with Gasteiger partial charge >= 0.3 is 6.09 Å². The third-order valence-electron chi connectivity index (χ3n) is 3.18. The van der Waals surface area contributed by atoms with Crippen LogP contribution in [0.1, 0.15) is 25.7 Å². The van der Waals surface area contributed by atoms with Crippen LogP contribution >= 0.6 is 0 Å². The van der Waals surface area contributed by atoms with E-state index in [-0.39, 0.29) is 12.5 Å². The quantitative estimate of drug-likeness (QED) is 0.732. The van der Waals surface area contributed by atoms with Crippen LogP contribution in [0, 0.1) is 0 Å². The molecule has 1 aliphatic rings. The van der Waals surface area contributed by atoms with Gasteiger partial charge in [-0.15, -0.1) is 0 Å². The highest BCUT2D eigenvalue weighted by molar-refractivity contribution is 5.92. The van der Waals surface area contributed by atoms with Gasteiger partial charge in [0.15, 0.2) is 0 Å². The van der Waals surface area contributed by atoms with Crippen LogP contribution in [0.4, 0.5) is 4.79 Å². The molecule has 0 aromatic carbocycles. The normalized spacial score (nSPS) is 24.5. The number of nitrogens with zero attached hydrogens (tertiary/aromatic N) is 1. The third-order valence-corrected chi connectivity index (χ3v) is 3.18. The molecular formula is C11H21N3O3. The van der Waals surface area contributed by atoms with Crippen molar-refractivity contribution in [2.45, 2.75) is 37.8 Å². The molecule has 1 saturated carbocycles. The van der Waals surface area contributed by atoms with Crippen LogP contribution < -0.4 is 11.1 Å². The summed E-state index contributed by atoms with van der Waals surface area (Å²) in [5.41, 5.74) is 5.82. The maximum absolute atomic E-state index is 11.5. The summed E-state index contributed by atoms with van der Waals surface area (Å²) in [6, 6.07) is 0.668. The first-order valence-corrected chi connectivity index (χ1v) is 5.86. The highest BCUT2D eigenvalue weighted by atomic mass is 16.5. The van der Waals surface area contributed by atoms with Crippen LogP contribution in [-0.4, -0.2) is 49.7 Å². The molecule has 1 aliphatic carbocycles. The number of amides is 2. The number of methoxy groups -OCH3 is 1. The molecule has 0 heterocycles. The van der Waals surface area contributed by atoms with Gasteiger partial charge in [-0.1, -0.05) is 0 Å². The van der Waals surface area contributed by atoms with Gasteiger partial charge in [-0.2, -0.15) is 0 Å². The monoisotopic (exact) mass is 243 g/mol. The van der Waals surface area contributed by atoms with Crippen molar-refractivity contribution in [2.75, 3.05) is 20.7 Å². The molecule has 3 N–H and O–H groups in total. The average Bonchev–Trinajstić information content (AvgIpc) is 2.29. The van der Waals surface area contributed by atoms with Crippen LogP contribution in [0.15, 0.2) is 0 Å². The second kappa shape index (κ2) is 6.56. The van der Waals surface area contributed by atoms with Crippen molar-refractivity contribution in [3.8, 4) is 0 Å². The Bertz CT molecular complexity index is 275. The Morgan fingerprint density at radius 3 is 2.47 bits per heavy atom. The van der Waals surface area contributed by atoms with Crippen molar-refractivity contribution >= 4 is 12.0 Å². The lowest BCUT2D eigenvalue weighted by atomic mass is 9.91. The van der Waals surface area contributed by atoms with E-state index in [9.17, 15) is 9.59 Å². The van der Waals surface area contributed by atoms with Gasteiger partial charge < -0.3 is 10.5 Å². The number of rotatable bonds is 3. The lowest BCUT2D eigenvalue weighted by molar-refractivity contribution is -0.121. The number of imide groups is 1. The van der Waals surface area contributed by atoms with E-state index in [2.05, 4.69) is 10.1 Å². The number of hydrogen-bond acceptors (Lipinski definition) is 5. The summed E-state index contributed by atoms with van der Waals surface area (Å²) in [6.07, 6.45) is 3.28. The van der Waals surface area contributed by atoms with Crippen molar-refractivity contribution in [1.82, 2.24) is 10.2 Å². The lowest BCUT2D eigenvalue weighted by Gasteiger charge is -2.32. The summed E-state index contributed by atoms with van der Waals surface area (Å²) in [5, 5.41) is 2.14. The fourth-order valence-corrected chi connectivity index (χ4v) is 2.10. The first-order chi connectivity index (χ1) is 8.02. The van der Waals surface area contributed by atoms with E-state index in [0.717, 1.165) is 25.7 Å². The second-order valence-electron chi connectivity index (χ2n) is 4.52. The van der Waals surface area contributed by atoms with Crippen molar-refractivity contribution in [2.24, 2.45) is 5.73 Å². The molecule has 0 radical (unpaired) electrons. The van der Waals surface area contributed by atoms with Gasteiger partial charge in [0.2, 0.25) is 5.91 Å². The Hall–Kier alpha value is -1.14. The molecule has 0 aromatic heterocycles. The number of carbonyl (C=O) groups excluding carboxylic acids is 2. The zero-order valence-electron chi connectivity index (χ0n) is 10.4. The Balaban J connectivity index is 2.30. The molecule has 0 aliphatic heterocycles. The molecule has 0 atom stereocenters. The predicted molar refractivity (Wildman–Crippen MR) is 63.4 cm³/mol. The second-order valence-corrected chi connectivity index (χ2v) is 4.52. The minimum atomic E-state index is -0.714. The summed E-state index contributed by atoms with van der Waals surface area (Å²) in [7, 11) is 3.12. The van der Waals surface area contributed by atoms with E-state index in [1.807, 2.05) is 11.9 Å². The van der Waals surface area contributed by atoms with Crippen LogP contribution in [0.3, 0.4) is 0 Å². The fourth-order valence-electron chi connectivity index (χ4n) is 2.10. The van der Waals surface area contributed by atoms with Gasteiger partial charge in [-0.05, 0) is 32.7 Å². The number of nitrogens with one attached hydrogen (secondary N) is 1. The van der Waals surface area contributed by atoms with Gasteiger partial charge in [-0.3, -0.25) is 15.0 Å². The molecule has 0 saturated heterocycles. The smallest absolute Gasteiger partial charge is 0.413 e. The molecule has 0 spiro atoms. The number of alkyl carbamates (subject to hydrolysis) is 1. The number of nitrogens with two attached hydrogens (primary N) is 1. The molecule has 0 aromatic rings. The molecule has 0 unspecified atom stereocenters. The molecule has 98 valence electrons. The Kier molecular flexibility index (Phi) is 5.37. The van der Waals surface area contributed by atoms with Gasteiger partial charge in [0.25, 0.3) is 0 Å². The highest BCUT2D eigenvalue weighted by Crippen LogP contribution is 2.20. The minimum absolute atomic E-state index is 0.203. The van der Waals surface area contributed by atoms with E-state index >= 15 is 0 Å². The van der Waals surface area contributed by atoms with E-state index in [0.29, 0.717) is 12.1 Å². The van der Waals surface area contributed by atoms with Crippen molar-refractivity contribution < 1.29 is 14.3 Å². The van der Waals surface area contributed by atoms with Crippen LogP contribution in [0.25, 0.3) is 0 Å². The number of hydrogen-bond donors (Lipinski definition) is 2. The summed E-state index contributed by atoms with van der Waals surface area (Å²) >= 11 is 0. The number of likely N-dealkylation sites (N-methyl/N-ethyl adjacent to an activating group) is 1. The molecule has 1 rings (SSSR count). The lowest BCUT2D eigenvalue weighted by Crippen LogP contribution is -2.44. The van der Waals surface area contributed by atoms with E-state index < -0.39 is 6.09 Å². The molecule has 2 amide bonds. The van der Waals surface area contributed by atoms with Crippen LogP contribution in [-0.2, 0) is 9.53 Å². The maximum atomic E-state index is 11.5. The van der Waals surface area contributed by atoms with E-state index in [1.54, 1.807) is 0 Å². The Morgan fingerprint density at radius 2 is 1.94 bits per heavy atom. The number of carbonyl (C=O) groups is 2. The summed E-state index contributed by atoms with van der Waals surface area (Å²) in [5.74, 6) is -0.339. The summed E-state index contributed by atoms with van der Waals surface area (Å²) in [6.45, 7) is 0.203. The van der Waals surface area contributed by atoms with Gasteiger partial charge in [0, 0.05) is 12.1 Å². The molecule has 1 fully saturated rings. The molecule has 17 heavy (non-hydrogen) atoms. The van der Waals surface area contributed by atoms with Gasteiger partial charge in [-0.25, -0.2) is 4.79 Å². The predicted octanol–water partition coefficient (Wildman–Crippen LogP) is 0.0707. The fraction of sp³-hybridized carbons (Fsp3) is 0.818. The van der Waals surface area contributed by atoms with Crippen molar-refractivity contribution in [1.29, 1.82) is 0 Å². The molecule has 6 heteroatoms. The van der Waals surface area contributed by atoms with E-state index in [1.165, 1.54) is 7.11 Å². The first kappa shape index (κ1) is 13.9. The minimum Gasteiger partial charge on any atom is -0.453 e. The largest absolute Gasteiger partial charge is 0.453 e. The number of ether oxygens (including phenoxy) is 1. The van der Waals surface area contributed by atoms with E-state index in [4.69, 9.17) is 5.73 Å². The molecular weight excluding hydrogens is 222 g/mol. The zero-order valence-corrected chi connectivity index (χ0v) is 10.4. The topological polar surface area (TPSA) is 84.7 Å². The Labute approximate surface area is 101 Å².